The molecule has 0 aliphatic rings. The summed E-state index contributed by atoms with van der Waals surface area (Å²) in [5.74, 6) is -2.14. The normalized spacial score (nSPS) is 10.2. The summed E-state index contributed by atoms with van der Waals surface area (Å²) in [6.45, 7) is -0.378. The largest absolute Gasteiger partial charge is 0.484 e. The summed E-state index contributed by atoms with van der Waals surface area (Å²) < 4.78 is 23.4. The van der Waals surface area contributed by atoms with Gasteiger partial charge >= 0.3 is 0 Å². The molecule has 1 amide bonds. The van der Waals surface area contributed by atoms with Crippen molar-refractivity contribution in [3.63, 3.8) is 0 Å². The van der Waals surface area contributed by atoms with Crippen molar-refractivity contribution in [2.45, 2.75) is 0 Å². The molecular formula is C13H10FNO4. The molecule has 0 saturated carbocycles. The van der Waals surface area contributed by atoms with Crippen molar-refractivity contribution in [1.29, 1.82) is 0 Å². The number of carbonyl (C=O) groups excluding carboxylic acids is 2. The van der Waals surface area contributed by atoms with E-state index in [1.165, 1.54) is 24.5 Å². The van der Waals surface area contributed by atoms with Crippen LogP contribution in [0.25, 0.3) is 0 Å². The van der Waals surface area contributed by atoms with Crippen molar-refractivity contribution in [2.75, 3.05) is 6.61 Å². The Morgan fingerprint density at radius 1 is 1.26 bits per heavy atom. The predicted octanol–water partition coefficient (Wildman–Crippen LogP) is 1.78. The SMILES string of the molecule is NC(=O)c1c(F)cccc1OCC(=O)c1ccco1. The number of nitrogens with two attached hydrogens (primary N) is 1. The maximum absolute atomic E-state index is 13.4. The van der Waals surface area contributed by atoms with Crippen molar-refractivity contribution >= 4 is 11.7 Å². The van der Waals surface area contributed by atoms with E-state index in [1.807, 2.05) is 0 Å². The van der Waals surface area contributed by atoms with Crippen LogP contribution < -0.4 is 10.5 Å². The highest BCUT2D eigenvalue weighted by atomic mass is 19.1. The van der Waals surface area contributed by atoms with Gasteiger partial charge < -0.3 is 14.9 Å². The van der Waals surface area contributed by atoms with Crippen molar-refractivity contribution < 1.29 is 23.1 Å². The summed E-state index contributed by atoms with van der Waals surface area (Å²) in [5, 5.41) is 0. The topological polar surface area (TPSA) is 82.5 Å². The minimum Gasteiger partial charge on any atom is -0.484 e. The predicted molar refractivity (Wildman–Crippen MR) is 63.5 cm³/mol. The van der Waals surface area contributed by atoms with E-state index in [9.17, 15) is 14.0 Å². The van der Waals surface area contributed by atoms with Crippen molar-refractivity contribution in [2.24, 2.45) is 5.73 Å². The van der Waals surface area contributed by atoms with Crippen LogP contribution in [0.3, 0.4) is 0 Å². The van der Waals surface area contributed by atoms with Gasteiger partial charge in [-0.1, -0.05) is 6.07 Å². The second kappa shape index (κ2) is 5.34. The molecule has 98 valence electrons. The van der Waals surface area contributed by atoms with Crippen LogP contribution in [-0.2, 0) is 0 Å². The summed E-state index contributed by atoms with van der Waals surface area (Å²) in [4.78, 5) is 22.7. The molecule has 2 N–H and O–H groups in total. The molecule has 19 heavy (non-hydrogen) atoms. The quantitative estimate of drug-likeness (QED) is 0.833. The van der Waals surface area contributed by atoms with Crippen LogP contribution >= 0.6 is 0 Å². The fraction of sp³-hybridized carbons (Fsp3) is 0.0769. The molecular weight excluding hydrogens is 253 g/mol. The van der Waals surface area contributed by atoms with E-state index in [1.54, 1.807) is 6.07 Å². The number of carbonyl (C=O) groups is 2. The van der Waals surface area contributed by atoms with Crippen LogP contribution in [0.2, 0.25) is 0 Å². The van der Waals surface area contributed by atoms with Gasteiger partial charge in [-0.15, -0.1) is 0 Å². The van der Waals surface area contributed by atoms with E-state index in [0.717, 1.165) is 6.07 Å². The minimum atomic E-state index is -0.960. The van der Waals surface area contributed by atoms with Gasteiger partial charge in [-0.3, -0.25) is 9.59 Å². The Bertz CT molecular complexity index is 607. The standard InChI is InChI=1S/C13H10FNO4/c14-8-3-1-4-11(12(8)13(15)17)19-7-9(16)10-5-2-6-18-10/h1-6H,7H2,(H2,15,17). The Morgan fingerprint density at radius 3 is 2.68 bits per heavy atom. The molecule has 0 fully saturated rings. The zero-order chi connectivity index (χ0) is 13.8. The highest BCUT2D eigenvalue weighted by Crippen LogP contribution is 2.21. The van der Waals surface area contributed by atoms with Gasteiger partial charge in [-0.25, -0.2) is 4.39 Å². The first-order chi connectivity index (χ1) is 9.09. The molecule has 5 nitrogen and oxygen atoms in total. The summed E-state index contributed by atoms with van der Waals surface area (Å²) in [7, 11) is 0. The lowest BCUT2D eigenvalue weighted by molar-refractivity contribution is 0.0885. The van der Waals surface area contributed by atoms with Gasteiger partial charge in [0.25, 0.3) is 5.91 Å². The van der Waals surface area contributed by atoms with Crippen molar-refractivity contribution in [3.8, 4) is 5.75 Å². The van der Waals surface area contributed by atoms with Crippen LogP contribution in [0.1, 0.15) is 20.9 Å². The number of benzene rings is 1. The third kappa shape index (κ3) is 2.79. The lowest BCUT2D eigenvalue weighted by atomic mass is 10.2. The molecule has 0 aliphatic carbocycles. The van der Waals surface area contributed by atoms with Gasteiger partial charge in [-0.05, 0) is 24.3 Å². The molecule has 1 heterocycles. The molecule has 0 aliphatic heterocycles. The van der Waals surface area contributed by atoms with E-state index in [4.69, 9.17) is 14.9 Å². The van der Waals surface area contributed by atoms with E-state index in [0.29, 0.717) is 0 Å². The van der Waals surface area contributed by atoms with Gasteiger partial charge in [0.2, 0.25) is 5.78 Å². The smallest absolute Gasteiger partial charge is 0.255 e. The molecule has 1 aromatic carbocycles. The van der Waals surface area contributed by atoms with Crippen LogP contribution in [0.4, 0.5) is 4.39 Å². The number of rotatable bonds is 5. The molecule has 0 spiro atoms. The number of ether oxygens (including phenoxy) is 1. The number of ketones is 1. The molecule has 0 bridgehead atoms. The van der Waals surface area contributed by atoms with Crippen LogP contribution in [-0.4, -0.2) is 18.3 Å². The van der Waals surface area contributed by atoms with Crippen molar-refractivity contribution in [1.82, 2.24) is 0 Å². The number of hydrogen-bond acceptors (Lipinski definition) is 4. The molecule has 0 radical (unpaired) electrons. The summed E-state index contributed by atoms with van der Waals surface area (Å²) >= 11 is 0. The molecule has 0 unspecified atom stereocenters. The summed E-state index contributed by atoms with van der Waals surface area (Å²) in [6.07, 6.45) is 1.35. The maximum atomic E-state index is 13.4. The Morgan fingerprint density at radius 2 is 2.05 bits per heavy atom. The van der Waals surface area contributed by atoms with Crippen LogP contribution in [0.5, 0.6) is 5.75 Å². The first-order valence-electron chi connectivity index (χ1n) is 5.37. The number of primary amides is 1. The number of amides is 1. The van der Waals surface area contributed by atoms with Gasteiger partial charge in [-0.2, -0.15) is 0 Å². The highest BCUT2D eigenvalue weighted by molar-refractivity contribution is 5.97. The Labute approximate surface area is 107 Å². The van der Waals surface area contributed by atoms with Gasteiger partial charge in [0.1, 0.15) is 17.1 Å². The van der Waals surface area contributed by atoms with Gasteiger partial charge in [0, 0.05) is 0 Å². The second-order valence-corrected chi connectivity index (χ2v) is 3.67. The lowest BCUT2D eigenvalue weighted by Gasteiger charge is -2.08. The molecule has 0 atom stereocenters. The number of halogens is 1. The van der Waals surface area contributed by atoms with Gasteiger partial charge in [0.15, 0.2) is 12.4 Å². The number of Topliss-reactive ketones (excluding diaryl/α,β-unsaturated/α-hetero) is 1. The monoisotopic (exact) mass is 263 g/mol. The average molecular weight is 263 g/mol. The second-order valence-electron chi connectivity index (χ2n) is 3.67. The fourth-order valence-corrected chi connectivity index (χ4v) is 1.52. The molecule has 6 heteroatoms. The molecule has 1 aromatic heterocycles. The van der Waals surface area contributed by atoms with Crippen LogP contribution in [0.15, 0.2) is 41.0 Å². The first-order valence-corrected chi connectivity index (χ1v) is 5.37. The average Bonchev–Trinajstić information content (AvgIpc) is 2.89. The third-order valence-corrected chi connectivity index (χ3v) is 2.38. The minimum absolute atomic E-state index is 0.0765. The first kappa shape index (κ1) is 12.8. The van der Waals surface area contributed by atoms with E-state index < -0.39 is 17.5 Å². The molecule has 0 saturated heterocycles. The number of hydrogen-bond donors (Lipinski definition) is 1. The van der Waals surface area contributed by atoms with Gasteiger partial charge in [0.05, 0.1) is 6.26 Å². The lowest BCUT2D eigenvalue weighted by Crippen LogP contribution is -2.17. The third-order valence-electron chi connectivity index (χ3n) is 2.38. The zero-order valence-corrected chi connectivity index (χ0v) is 9.76. The molecule has 2 rings (SSSR count). The van der Waals surface area contributed by atoms with E-state index >= 15 is 0 Å². The van der Waals surface area contributed by atoms with E-state index in [-0.39, 0.29) is 23.7 Å². The van der Waals surface area contributed by atoms with Crippen LogP contribution in [0, 0.1) is 5.82 Å². The Kier molecular flexibility index (Phi) is 3.61. The molecule has 2 aromatic rings. The zero-order valence-electron chi connectivity index (χ0n) is 9.76. The Balaban J connectivity index is 2.14. The number of furan rings is 1. The Hall–Kier alpha value is -2.63. The van der Waals surface area contributed by atoms with Crippen molar-refractivity contribution in [3.05, 3.63) is 53.7 Å². The summed E-state index contributed by atoms with van der Waals surface area (Å²) in [6, 6.07) is 6.84. The fourth-order valence-electron chi connectivity index (χ4n) is 1.52. The highest BCUT2D eigenvalue weighted by Gasteiger charge is 2.17. The summed E-state index contributed by atoms with van der Waals surface area (Å²) in [5.41, 5.74) is 4.67. The van der Waals surface area contributed by atoms with E-state index in [2.05, 4.69) is 0 Å². The maximum Gasteiger partial charge on any atom is 0.255 e.